The fourth-order valence-electron chi connectivity index (χ4n) is 1.06. The van der Waals surface area contributed by atoms with Crippen LogP contribution in [-0.2, 0) is 0 Å². The number of halogens is 1. The van der Waals surface area contributed by atoms with Crippen molar-refractivity contribution in [3.8, 4) is 0 Å². The zero-order valence-corrected chi connectivity index (χ0v) is 9.45. The van der Waals surface area contributed by atoms with Crippen LogP contribution >= 0.6 is 15.9 Å². The van der Waals surface area contributed by atoms with Gasteiger partial charge in [0.1, 0.15) is 0 Å². The maximum Gasteiger partial charge on any atom is 0.00748 e. The Balaban J connectivity index is 3.49. The third-order valence-corrected chi connectivity index (χ3v) is 2.54. The van der Waals surface area contributed by atoms with E-state index in [-0.39, 0.29) is 0 Å². The molecule has 0 bridgehead atoms. The summed E-state index contributed by atoms with van der Waals surface area (Å²) in [7, 11) is 0. The Labute approximate surface area is 79.1 Å². The molecule has 0 aromatic rings. The molecule has 68 valence electrons. The van der Waals surface area contributed by atoms with E-state index in [1.54, 1.807) is 0 Å². The molecule has 1 N–H and O–H groups in total. The lowest BCUT2D eigenvalue weighted by molar-refractivity contribution is 0.420. The molecule has 0 saturated heterocycles. The summed E-state index contributed by atoms with van der Waals surface area (Å²) in [5.74, 6) is 0. The fourth-order valence-corrected chi connectivity index (χ4v) is 1.61. The monoisotopic (exact) mass is 221 g/mol. The van der Waals surface area contributed by atoms with E-state index in [4.69, 9.17) is 0 Å². The molecule has 0 aliphatic carbocycles. The van der Waals surface area contributed by atoms with Gasteiger partial charge in [0.15, 0.2) is 0 Å². The van der Waals surface area contributed by atoms with Gasteiger partial charge in [-0.05, 0) is 26.2 Å². The van der Waals surface area contributed by atoms with Crippen molar-refractivity contribution < 1.29 is 0 Å². The van der Waals surface area contributed by atoms with Crippen LogP contribution < -0.4 is 5.32 Å². The molecular formula is C9H20BrN. The Morgan fingerprint density at radius 1 is 1.27 bits per heavy atom. The van der Waals surface area contributed by atoms with E-state index in [1.165, 1.54) is 19.3 Å². The van der Waals surface area contributed by atoms with Gasteiger partial charge in [0.05, 0.1) is 0 Å². The lowest BCUT2D eigenvalue weighted by Gasteiger charge is -2.20. The molecule has 0 heterocycles. The summed E-state index contributed by atoms with van der Waals surface area (Å²) >= 11 is 3.46. The molecular weight excluding hydrogens is 202 g/mol. The highest BCUT2D eigenvalue weighted by Crippen LogP contribution is 2.02. The summed E-state index contributed by atoms with van der Waals surface area (Å²) in [5.41, 5.74) is 0. The summed E-state index contributed by atoms with van der Waals surface area (Å²) in [5, 5.41) is 4.69. The number of hydrogen-bond donors (Lipinski definition) is 1. The summed E-state index contributed by atoms with van der Waals surface area (Å²) in [6.07, 6.45) is 3.69. The van der Waals surface area contributed by atoms with Crippen molar-refractivity contribution in [1.82, 2.24) is 5.32 Å². The van der Waals surface area contributed by atoms with Crippen molar-refractivity contribution in [2.45, 2.75) is 52.1 Å². The second-order valence-electron chi connectivity index (χ2n) is 3.06. The normalized spacial score (nSPS) is 16.4. The highest BCUT2D eigenvalue weighted by atomic mass is 79.9. The second kappa shape index (κ2) is 7.11. The van der Waals surface area contributed by atoms with Crippen molar-refractivity contribution in [3.63, 3.8) is 0 Å². The quantitative estimate of drug-likeness (QED) is 0.681. The predicted octanol–water partition coefficient (Wildman–Crippen LogP) is 2.94. The van der Waals surface area contributed by atoms with Gasteiger partial charge in [-0.3, -0.25) is 0 Å². The molecule has 2 unspecified atom stereocenters. The van der Waals surface area contributed by atoms with E-state index in [0.717, 1.165) is 5.33 Å². The minimum Gasteiger partial charge on any atom is -0.311 e. The van der Waals surface area contributed by atoms with E-state index >= 15 is 0 Å². The summed E-state index contributed by atoms with van der Waals surface area (Å²) in [6, 6.07) is 1.36. The first-order chi connectivity index (χ1) is 5.24. The number of hydrogen-bond acceptors (Lipinski definition) is 1. The van der Waals surface area contributed by atoms with Crippen LogP contribution in [0, 0.1) is 0 Å². The van der Waals surface area contributed by atoms with Crippen LogP contribution in [0.25, 0.3) is 0 Å². The van der Waals surface area contributed by atoms with Crippen molar-refractivity contribution in [1.29, 1.82) is 0 Å². The Kier molecular flexibility index (Phi) is 7.39. The summed E-state index contributed by atoms with van der Waals surface area (Å²) in [6.45, 7) is 6.71. The molecule has 1 nitrogen and oxygen atoms in total. The molecule has 0 radical (unpaired) electrons. The minimum atomic E-state index is 0.666. The summed E-state index contributed by atoms with van der Waals surface area (Å²) in [4.78, 5) is 0. The third-order valence-electron chi connectivity index (χ3n) is 2.08. The molecule has 0 aromatic heterocycles. The molecule has 11 heavy (non-hydrogen) atoms. The van der Waals surface area contributed by atoms with Crippen molar-refractivity contribution in [2.24, 2.45) is 0 Å². The molecule has 0 saturated carbocycles. The zero-order valence-electron chi connectivity index (χ0n) is 7.86. The van der Waals surface area contributed by atoms with E-state index in [1.807, 2.05) is 0 Å². The van der Waals surface area contributed by atoms with Gasteiger partial charge < -0.3 is 5.32 Å². The van der Waals surface area contributed by atoms with Crippen LogP contribution in [0.1, 0.15) is 40.0 Å². The Hall–Kier alpha value is 0.440. The SMILES string of the molecule is CCC(C)NC(CC)CCBr. The van der Waals surface area contributed by atoms with Gasteiger partial charge >= 0.3 is 0 Å². The van der Waals surface area contributed by atoms with E-state index in [2.05, 4.69) is 42.0 Å². The number of alkyl halides is 1. The standard InChI is InChI=1S/C9H20BrN/c1-4-8(3)11-9(5-2)6-7-10/h8-9,11H,4-7H2,1-3H3. The van der Waals surface area contributed by atoms with Crippen molar-refractivity contribution in [2.75, 3.05) is 5.33 Å². The molecule has 0 fully saturated rings. The van der Waals surface area contributed by atoms with E-state index < -0.39 is 0 Å². The molecule has 0 aliphatic rings. The van der Waals surface area contributed by atoms with Crippen LogP contribution in [-0.4, -0.2) is 17.4 Å². The highest BCUT2D eigenvalue weighted by Gasteiger charge is 2.06. The molecule has 0 spiro atoms. The van der Waals surface area contributed by atoms with Crippen LogP contribution in [0.2, 0.25) is 0 Å². The largest absolute Gasteiger partial charge is 0.311 e. The zero-order chi connectivity index (χ0) is 8.69. The van der Waals surface area contributed by atoms with Gasteiger partial charge in [-0.25, -0.2) is 0 Å². The minimum absolute atomic E-state index is 0.666. The predicted molar refractivity (Wildman–Crippen MR) is 55.4 cm³/mol. The van der Waals surface area contributed by atoms with Gasteiger partial charge in [0, 0.05) is 17.4 Å². The molecule has 2 atom stereocenters. The van der Waals surface area contributed by atoms with Gasteiger partial charge in [0.25, 0.3) is 0 Å². The average molecular weight is 222 g/mol. The lowest BCUT2D eigenvalue weighted by atomic mass is 10.1. The second-order valence-corrected chi connectivity index (χ2v) is 3.85. The van der Waals surface area contributed by atoms with Gasteiger partial charge in [0.2, 0.25) is 0 Å². The first kappa shape index (κ1) is 11.4. The van der Waals surface area contributed by atoms with Crippen LogP contribution in [0.3, 0.4) is 0 Å². The smallest absolute Gasteiger partial charge is 0.00748 e. The molecule has 0 rings (SSSR count). The summed E-state index contributed by atoms with van der Waals surface area (Å²) < 4.78 is 0. The van der Waals surface area contributed by atoms with Gasteiger partial charge in [-0.15, -0.1) is 0 Å². The van der Waals surface area contributed by atoms with Crippen molar-refractivity contribution >= 4 is 15.9 Å². The van der Waals surface area contributed by atoms with E-state index in [0.29, 0.717) is 12.1 Å². The van der Waals surface area contributed by atoms with Crippen LogP contribution in [0.4, 0.5) is 0 Å². The van der Waals surface area contributed by atoms with Crippen molar-refractivity contribution in [3.05, 3.63) is 0 Å². The maximum absolute atomic E-state index is 3.59. The number of rotatable bonds is 6. The Bertz CT molecular complexity index is 85.6. The van der Waals surface area contributed by atoms with Crippen LogP contribution in [0.5, 0.6) is 0 Å². The Morgan fingerprint density at radius 2 is 1.91 bits per heavy atom. The highest BCUT2D eigenvalue weighted by molar-refractivity contribution is 9.09. The first-order valence-corrected chi connectivity index (χ1v) is 5.68. The molecule has 2 heteroatoms. The average Bonchev–Trinajstić information content (AvgIpc) is 2.03. The molecule has 0 amide bonds. The molecule has 0 aromatic carbocycles. The third kappa shape index (κ3) is 5.68. The Morgan fingerprint density at radius 3 is 2.27 bits per heavy atom. The van der Waals surface area contributed by atoms with Crippen LogP contribution in [0.15, 0.2) is 0 Å². The van der Waals surface area contributed by atoms with E-state index in [9.17, 15) is 0 Å². The lowest BCUT2D eigenvalue weighted by Crippen LogP contribution is -2.35. The van der Waals surface area contributed by atoms with Gasteiger partial charge in [-0.1, -0.05) is 29.8 Å². The topological polar surface area (TPSA) is 12.0 Å². The maximum atomic E-state index is 3.59. The first-order valence-electron chi connectivity index (χ1n) is 4.56. The van der Waals surface area contributed by atoms with Gasteiger partial charge in [-0.2, -0.15) is 0 Å². The molecule has 0 aliphatic heterocycles. The fraction of sp³-hybridized carbons (Fsp3) is 1.00. The number of nitrogens with one attached hydrogen (secondary N) is 1.